The van der Waals surface area contributed by atoms with Crippen molar-refractivity contribution in [1.29, 1.82) is 0 Å². The van der Waals surface area contributed by atoms with Gasteiger partial charge in [-0.05, 0) is 24.4 Å². The summed E-state index contributed by atoms with van der Waals surface area (Å²) >= 11 is 6.11. The number of hydrogen-bond acceptors (Lipinski definition) is 4. The predicted molar refractivity (Wildman–Crippen MR) is 82.4 cm³/mol. The van der Waals surface area contributed by atoms with Crippen LogP contribution in [0.5, 0.6) is 5.88 Å². The van der Waals surface area contributed by atoms with Crippen molar-refractivity contribution in [1.82, 2.24) is 10.3 Å². The van der Waals surface area contributed by atoms with Crippen LogP contribution in [0.4, 0.5) is 0 Å². The van der Waals surface area contributed by atoms with Gasteiger partial charge in [0.05, 0.1) is 11.6 Å². The van der Waals surface area contributed by atoms with Gasteiger partial charge in [-0.25, -0.2) is 4.98 Å². The van der Waals surface area contributed by atoms with Gasteiger partial charge in [0.1, 0.15) is 6.61 Å². The number of rotatable bonds is 10. The van der Waals surface area contributed by atoms with Crippen molar-refractivity contribution in [2.45, 2.75) is 33.7 Å². The lowest BCUT2D eigenvalue weighted by Gasteiger charge is -2.10. The Bertz CT molecular complexity index is 386. The zero-order chi connectivity index (χ0) is 14.8. The van der Waals surface area contributed by atoms with Gasteiger partial charge in [0.25, 0.3) is 0 Å². The van der Waals surface area contributed by atoms with E-state index in [1.165, 1.54) is 0 Å². The lowest BCUT2D eigenvalue weighted by Crippen LogP contribution is -2.15. The van der Waals surface area contributed by atoms with E-state index in [0.29, 0.717) is 30.0 Å². The van der Waals surface area contributed by atoms with Gasteiger partial charge in [0, 0.05) is 25.4 Å². The average molecular weight is 301 g/mol. The summed E-state index contributed by atoms with van der Waals surface area (Å²) in [7, 11) is 0. The van der Waals surface area contributed by atoms with E-state index in [9.17, 15) is 0 Å². The monoisotopic (exact) mass is 300 g/mol. The van der Waals surface area contributed by atoms with E-state index in [0.717, 1.165) is 31.7 Å². The highest BCUT2D eigenvalue weighted by molar-refractivity contribution is 6.31. The van der Waals surface area contributed by atoms with Crippen LogP contribution in [0.1, 0.15) is 32.8 Å². The molecule has 0 bridgehead atoms. The first-order valence-electron chi connectivity index (χ1n) is 7.19. The number of hydrogen-bond donors (Lipinski definition) is 1. The van der Waals surface area contributed by atoms with Crippen molar-refractivity contribution >= 4 is 11.6 Å². The molecular weight excluding hydrogens is 276 g/mol. The van der Waals surface area contributed by atoms with Gasteiger partial charge in [-0.15, -0.1) is 0 Å². The van der Waals surface area contributed by atoms with Crippen molar-refractivity contribution in [3.63, 3.8) is 0 Å². The van der Waals surface area contributed by atoms with Crippen LogP contribution in [0.2, 0.25) is 5.02 Å². The van der Waals surface area contributed by atoms with E-state index in [2.05, 4.69) is 31.1 Å². The minimum atomic E-state index is 0.503. The fourth-order valence-corrected chi connectivity index (χ4v) is 1.77. The molecule has 1 aromatic heterocycles. The highest BCUT2D eigenvalue weighted by Gasteiger charge is 2.04. The summed E-state index contributed by atoms with van der Waals surface area (Å²) in [4.78, 5) is 4.16. The van der Waals surface area contributed by atoms with Crippen molar-refractivity contribution in [2.24, 2.45) is 5.92 Å². The molecule has 0 spiro atoms. The Labute approximate surface area is 126 Å². The van der Waals surface area contributed by atoms with Gasteiger partial charge in [0.15, 0.2) is 0 Å². The first kappa shape index (κ1) is 17.2. The summed E-state index contributed by atoms with van der Waals surface area (Å²) in [5, 5.41) is 3.98. The van der Waals surface area contributed by atoms with E-state index in [1.807, 2.05) is 6.07 Å². The Morgan fingerprint density at radius 2 is 2.15 bits per heavy atom. The Morgan fingerprint density at radius 1 is 1.35 bits per heavy atom. The van der Waals surface area contributed by atoms with Crippen molar-refractivity contribution < 1.29 is 9.47 Å². The van der Waals surface area contributed by atoms with Crippen LogP contribution < -0.4 is 10.1 Å². The normalized spacial score (nSPS) is 11.1. The molecule has 0 unspecified atom stereocenters. The first-order chi connectivity index (χ1) is 9.63. The minimum absolute atomic E-state index is 0.503. The Morgan fingerprint density at radius 3 is 2.85 bits per heavy atom. The summed E-state index contributed by atoms with van der Waals surface area (Å²) in [6, 6.07) is 1.88. The second-order valence-corrected chi connectivity index (χ2v) is 5.52. The van der Waals surface area contributed by atoms with Crippen LogP contribution in [0.3, 0.4) is 0 Å². The fourth-order valence-electron chi connectivity index (χ4n) is 1.60. The lowest BCUT2D eigenvalue weighted by atomic mass is 10.2. The maximum absolute atomic E-state index is 6.11. The molecule has 0 saturated carbocycles. The second-order valence-electron chi connectivity index (χ2n) is 5.11. The summed E-state index contributed by atoms with van der Waals surface area (Å²) in [5.41, 5.74) is 1.01. The molecule has 0 amide bonds. The quantitative estimate of drug-likeness (QED) is 0.673. The molecule has 0 aliphatic carbocycles. The standard InChI is InChI=1S/C15H25ClN2O2/c1-4-5-17-9-13-8-15(18-10-14(13)16)20-7-6-19-11-12(2)3/h8,10,12,17H,4-7,9,11H2,1-3H3. The molecule has 0 fully saturated rings. The number of nitrogens with one attached hydrogen (secondary N) is 1. The molecule has 0 aliphatic rings. The largest absolute Gasteiger partial charge is 0.475 e. The van der Waals surface area contributed by atoms with Gasteiger partial charge in [-0.2, -0.15) is 0 Å². The van der Waals surface area contributed by atoms with Crippen LogP contribution in [0, 0.1) is 5.92 Å². The van der Waals surface area contributed by atoms with E-state index in [4.69, 9.17) is 21.1 Å². The third kappa shape index (κ3) is 7.08. The molecule has 1 aromatic rings. The molecule has 0 radical (unpaired) electrons. The molecule has 4 nitrogen and oxygen atoms in total. The number of nitrogens with zero attached hydrogens (tertiary/aromatic N) is 1. The fraction of sp³-hybridized carbons (Fsp3) is 0.667. The van der Waals surface area contributed by atoms with Crippen LogP contribution in [-0.4, -0.2) is 31.3 Å². The van der Waals surface area contributed by atoms with E-state index in [1.54, 1.807) is 6.20 Å². The van der Waals surface area contributed by atoms with Gasteiger partial charge in [0.2, 0.25) is 5.88 Å². The topological polar surface area (TPSA) is 43.4 Å². The Kier molecular flexibility index (Phi) is 8.58. The zero-order valence-electron chi connectivity index (χ0n) is 12.6. The average Bonchev–Trinajstić information content (AvgIpc) is 2.41. The summed E-state index contributed by atoms with van der Waals surface area (Å²) in [6.07, 6.45) is 2.73. The maximum atomic E-state index is 6.11. The second kappa shape index (κ2) is 9.97. The molecule has 1 rings (SSSR count). The van der Waals surface area contributed by atoms with Crippen molar-refractivity contribution in [2.75, 3.05) is 26.4 Å². The molecule has 114 valence electrons. The highest BCUT2D eigenvalue weighted by Crippen LogP contribution is 2.19. The number of pyridine rings is 1. The molecule has 1 N–H and O–H groups in total. The molecular formula is C15H25ClN2O2. The molecule has 20 heavy (non-hydrogen) atoms. The lowest BCUT2D eigenvalue weighted by molar-refractivity contribution is 0.0806. The van der Waals surface area contributed by atoms with E-state index >= 15 is 0 Å². The Balaban J connectivity index is 2.36. The van der Waals surface area contributed by atoms with Crippen LogP contribution in [-0.2, 0) is 11.3 Å². The molecule has 0 aliphatic heterocycles. The van der Waals surface area contributed by atoms with Crippen LogP contribution >= 0.6 is 11.6 Å². The van der Waals surface area contributed by atoms with E-state index in [-0.39, 0.29) is 0 Å². The van der Waals surface area contributed by atoms with Crippen LogP contribution in [0.25, 0.3) is 0 Å². The van der Waals surface area contributed by atoms with Gasteiger partial charge in [-0.3, -0.25) is 0 Å². The van der Waals surface area contributed by atoms with Gasteiger partial charge < -0.3 is 14.8 Å². The molecule has 0 aromatic carbocycles. The highest BCUT2D eigenvalue weighted by atomic mass is 35.5. The summed E-state index contributed by atoms with van der Waals surface area (Å²) < 4.78 is 11.0. The summed E-state index contributed by atoms with van der Waals surface area (Å²) in [5.74, 6) is 1.13. The third-order valence-corrected chi connectivity index (χ3v) is 2.92. The number of halogens is 1. The van der Waals surface area contributed by atoms with Gasteiger partial charge in [-0.1, -0.05) is 32.4 Å². The minimum Gasteiger partial charge on any atom is -0.475 e. The number of ether oxygens (including phenoxy) is 2. The zero-order valence-corrected chi connectivity index (χ0v) is 13.4. The maximum Gasteiger partial charge on any atom is 0.213 e. The first-order valence-corrected chi connectivity index (χ1v) is 7.57. The molecule has 1 heterocycles. The smallest absolute Gasteiger partial charge is 0.213 e. The van der Waals surface area contributed by atoms with Crippen LogP contribution in [0.15, 0.2) is 12.3 Å². The van der Waals surface area contributed by atoms with Gasteiger partial charge >= 0.3 is 0 Å². The van der Waals surface area contributed by atoms with Crippen molar-refractivity contribution in [3.05, 3.63) is 22.8 Å². The van der Waals surface area contributed by atoms with Crippen molar-refractivity contribution in [3.8, 4) is 5.88 Å². The predicted octanol–water partition coefficient (Wildman–Crippen LogP) is 3.29. The van der Waals surface area contributed by atoms with E-state index < -0.39 is 0 Å². The molecule has 0 saturated heterocycles. The SMILES string of the molecule is CCCNCc1cc(OCCOCC(C)C)ncc1Cl. The molecule has 0 atom stereocenters. The Hall–Kier alpha value is -0.840. The summed E-state index contributed by atoms with van der Waals surface area (Å²) in [6.45, 7) is 9.91. The molecule has 5 heteroatoms. The third-order valence-electron chi connectivity index (χ3n) is 2.58. The number of aromatic nitrogens is 1.